The summed E-state index contributed by atoms with van der Waals surface area (Å²) in [4.78, 5) is 14.1. The van der Waals surface area contributed by atoms with Gasteiger partial charge in [-0.05, 0) is 31.3 Å². The number of carbonyl (C=O) groups excluding carboxylic acids is 1. The van der Waals surface area contributed by atoms with Crippen LogP contribution >= 0.6 is 15.9 Å². The molecule has 1 aliphatic rings. The molecule has 21 heavy (non-hydrogen) atoms. The molecule has 1 aromatic rings. The zero-order valence-electron chi connectivity index (χ0n) is 12.3. The topological polar surface area (TPSA) is 50.8 Å². The number of hydrogen-bond donors (Lipinski definition) is 1. The molecule has 6 heteroatoms. The molecule has 0 spiro atoms. The van der Waals surface area contributed by atoms with Gasteiger partial charge in [-0.2, -0.15) is 0 Å². The first-order valence-electron chi connectivity index (χ1n) is 7.00. The van der Waals surface area contributed by atoms with E-state index in [1.165, 1.54) is 0 Å². The number of benzene rings is 1. The molecule has 0 aromatic heterocycles. The molecule has 1 fully saturated rings. The van der Waals surface area contributed by atoms with Crippen LogP contribution in [0.15, 0.2) is 28.7 Å². The van der Waals surface area contributed by atoms with E-state index in [1.54, 1.807) is 11.9 Å². The average Bonchev–Trinajstić information content (AvgIpc) is 2.96. The highest BCUT2D eigenvalue weighted by atomic mass is 79.9. The van der Waals surface area contributed by atoms with Crippen LogP contribution in [-0.2, 0) is 9.53 Å². The molecule has 0 bridgehead atoms. The number of halogens is 1. The van der Waals surface area contributed by atoms with E-state index in [-0.39, 0.29) is 17.9 Å². The standard InChI is InChI=1S/C15H21BrN2O3/c1-17-14-10-20-9-13(14)15(19)18(2)7-8-21-12-5-3-11(16)4-6-12/h3-6,13-14,17H,7-10H2,1-2H3. The lowest BCUT2D eigenvalue weighted by molar-refractivity contribution is -0.134. The first kappa shape index (κ1) is 16.3. The summed E-state index contributed by atoms with van der Waals surface area (Å²) < 4.78 is 12.0. The fourth-order valence-electron chi connectivity index (χ4n) is 2.31. The summed E-state index contributed by atoms with van der Waals surface area (Å²) in [6.07, 6.45) is 0. The Hall–Kier alpha value is -1.11. The second-order valence-corrected chi connectivity index (χ2v) is 6.02. The largest absolute Gasteiger partial charge is 0.492 e. The van der Waals surface area contributed by atoms with Crippen molar-refractivity contribution in [3.05, 3.63) is 28.7 Å². The Morgan fingerprint density at radius 3 is 2.81 bits per heavy atom. The van der Waals surface area contributed by atoms with Crippen LogP contribution in [0.5, 0.6) is 5.75 Å². The molecular weight excluding hydrogens is 336 g/mol. The maximum absolute atomic E-state index is 12.3. The number of amides is 1. The van der Waals surface area contributed by atoms with Crippen molar-refractivity contribution in [1.82, 2.24) is 10.2 Å². The van der Waals surface area contributed by atoms with Crippen molar-refractivity contribution >= 4 is 21.8 Å². The van der Waals surface area contributed by atoms with Gasteiger partial charge in [-0.1, -0.05) is 15.9 Å². The van der Waals surface area contributed by atoms with E-state index in [4.69, 9.17) is 9.47 Å². The maximum Gasteiger partial charge on any atom is 0.229 e. The molecule has 1 heterocycles. The number of likely N-dealkylation sites (N-methyl/N-ethyl adjacent to an activating group) is 2. The third kappa shape index (κ3) is 4.43. The van der Waals surface area contributed by atoms with Crippen molar-refractivity contribution in [1.29, 1.82) is 0 Å². The van der Waals surface area contributed by atoms with E-state index in [2.05, 4.69) is 21.2 Å². The van der Waals surface area contributed by atoms with Gasteiger partial charge in [-0.25, -0.2) is 0 Å². The minimum Gasteiger partial charge on any atom is -0.492 e. The van der Waals surface area contributed by atoms with Crippen LogP contribution in [0.4, 0.5) is 0 Å². The fraction of sp³-hybridized carbons (Fsp3) is 0.533. The first-order valence-corrected chi connectivity index (χ1v) is 7.79. The minimum absolute atomic E-state index is 0.103. The monoisotopic (exact) mass is 356 g/mol. The number of ether oxygens (including phenoxy) is 2. The normalized spacial score (nSPS) is 21.3. The van der Waals surface area contributed by atoms with Crippen molar-refractivity contribution in [2.45, 2.75) is 6.04 Å². The molecule has 1 saturated heterocycles. The summed E-state index contributed by atoms with van der Waals surface area (Å²) in [6, 6.07) is 7.75. The molecule has 2 rings (SSSR count). The van der Waals surface area contributed by atoms with Gasteiger partial charge in [0.2, 0.25) is 5.91 Å². The highest BCUT2D eigenvalue weighted by Crippen LogP contribution is 2.17. The smallest absolute Gasteiger partial charge is 0.229 e. The SMILES string of the molecule is CNC1COCC1C(=O)N(C)CCOc1ccc(Br)cc1. The van der Waals surface area contributed by atoms with Gasteiger partial charge < -0.3 is 19.7 Å². The van der Waals surface area contributed by atoms with Crippen LogP contribution in [0.3, 0.4) is 0 Å². The van der Waals surface area contributed by atoms with Crippen molar-refractivity contribution in [3.8, 4) is 5.75 Å². The van der Waals surface area contributed by atoms with E-state index < -0.39 is 0 Å². The third-order valence-electron chi connectivity index (χ3n) is 3.65. The van der Waals surface area contributed by atoms with E-state index in [0.29, 0.717) is 26.4 Å². The number of carbonyl (C=O) groups is 1. The predicted molar refractivity (Wildman–Crippen MR) is 84.4 cm³/mol. The Morgan fingerprint density at radius 1 is 1.43 bits per heavy atom. The van der Waals surface area contributed by atoms with Gasteiger partial charge in [0.05, 0.1) is 25.7 Å². The van der Waals surface area contributed by atoms with Crippen LogP contribution in [0.2, 0.25) is 0 Å². The van der Waals surface area contributed by atoms with Gasteiger partial charge in [0.1, 0.15) is 12.4 Å². The Labute approximate surface area is 133 Å². The molecule has 1 amide bonds. The van der Waals surface area contributed by atoms with Crippen LogP contribution in [0.25, 0.3) is 0 Å². The molecule has 116 valence electrons. The average molecular weight is 357 g/mol. The highest BCUT2D eigenvalue weighted by molar-refractivity contribution is 9.10. The van der Waals surface area contributed by atoms with Crippen LogP contribution < -0.4 is 10.1 Å². The van der Waals surface area contributed by atoms with Crippen molar-refractivity contribution in [2.75, 3.05) is 40.5 Å². The summed E-state index contributed by atoms with van der Waals surface area (Å²) in [5, 5.41) is 3.13. The Morgan fingerprint density at radius 2 is 2.14 bits per heavy atom. The molecule has 1 aromatic carbocycles. The van der Waals surface area contributed by atoms with Gasteiger partial charge in [0.25, 0.3) is 0 Å². The summed E-state index contributed by atoms with van der Waals surface area (Å²) in [5.41, 5.74) is 0. The lowest BCUT2D eigenvalue weighted by atomic mass is 10.0. The lowest BCUT2D eigenvalue weighted by Crippen LogP contribution is -2.44. The quantitative estimate of drug-likeness (QED) is 0.839. The second-order valence-electron chi connectivity index (χ2n) is 5.10. The van der Waals surface area contributed by atoms with Gasteiger partial charge >= 0.3 is 0 Å². The second kappa shape index (κ2) is 7.77. The molecule has 1 aliphatic heterocycles. The van der Waals surface area contributed by atoms with Gasteiger partial charge in [-0.15, -0.1) is 0 Å². The highest BCUT2D eigenvalue weighted by Gasteiger charge is 2.34. The lowest BCUT2D eigenvalue weighted by Gasteiger charge is -2.23. The molecule has 0 aliphatic carbocycles. The number of hydrogen-bond acceptors (Lipinski definition) is 4. The molecule has 0 saturated carbocycles. The molecule has 2 atom stereocenters. The predicted octanol–water partition coefficient (Wildman–Crippen LogP) is 1.52. The van der Waals surface area contributed by atoms with E-state index in [1.807, 2.05) is 31.3 Å². The molecule has 1 N–H and O–H groups in total. The van der Waals surface area contributed by atoms with E-state index in [0.717, 1.165) is 10.2 Å². The van der Waals surface area contributed by atoms with E-state index in [9.17, 15) is 4.79 Å². The molecule has 2 unspecified atom stereocenters. The van der Waals surface area contributed by atoms with Gasteiger partial charge in [0.15, 0.2) is 0 Å². The van der Waals surface area contributed by atoms with Crippen molar-refractivity contribution in [2.24, 2.45) is 5.92 Å². The van der Waals surface area contributed by atoms with Gasteiger partial charge in [-0.3, -0.25) is 4.79 Å². The minimum atomic E-state index is -0.104. The number of rotatable bonds is 6. The Kier molecular flexibility index (Phi) is 6.02. The zero-order valence-corrected chi connectivity index (χ0v) is 13.9. The Bertz CT molecular complexity index is 466. The third-order valence-corrected chi connectivity index (χ3v) is 4.18. The molecule has 5 nitrogen and oxygen atoms in total. The van der Waals surface area contributed by atoms with Gasteiger partial charge in [0, 0.05) is 17.6 Å². The summed E-state index contributed by atoms with van der Waals surface area (Å²) >= 11 is 3.38. The van der Waals surface area contributed by atoms with E-state index >= 15 is 0 Å². The maximum atomic E-state index is 12.3. The summed E-state index contributed by atoms with van der Waals surface area (Å²) in [6.45, 7) is 2.11. The summed E-state index contributed by atoms with van der Waals surface area (Å²) in [7, 11) is 3.66. The number of nitrogens with one attached hydrogen (secondary N) is 1. The summed E-state index contributed by atoms with van der Waals surface area (Å²) in [5.74, 6) is 0.801. The molecule has 0 radical (unpaired) electrons. The zero-order chi connectivity index (χ0) is 15.2. The fourth-order valence-corrected chi connectivity index (χ4v) is 2.57. The van der Waals surface area contributed by atoms with Crippen LogP contribution in [-0.4, -0.2) is 57.3 Å². The van der Waals surface area contributed by atoms with Crippen LogP contribution in [0, 0.1) is 5.92 Å². The Balaban J connectivity index is 1.77. The van der Waals surface area contributed by atoms with Crippen molar-refractivity contribution < 1.29 is 14.3 Å². The molecular formula is C15H21BrN2O3. The van der Waals surface area contributed by atoms with Crippen molar-refractivity contribution in [3.63, 3.8) is 0 Å². The van der Waals surface area contributed by atoms with Crippen LogP contribution in [0.1, 0.15) is 0 Å². The number of nitrogens with zero attached hydrogens (tertiary/aromatic N) is 1. The first-order chi connectivity index (χ1) is 10.1.